The normalized spacial score (nSPS) is 11.7. The fraction of sp³-hybridized carbons (Fsp3) is 0.231. The third-order valence-electron chi connectivity index (χ3n) is 3.04. The van der Waals surface area contributed by atoms with Crippen LogP contribution >= 0.6 is 15.9 Å². The number of hydrogen-bond donors (Lipinski definition) is 1. The second kappa shape index (κ2) is 5.71. The fourth-order valence-electron chi connectivity index (χ4n) is 1.94. The highest BCUT2D eigenvalue weighted by molar-refractivity contribution is 9.10. The van der Waals surface area contributed by atoms with Crippen LogP contribution in [0.4, 0.5) is 17.6 Å². The molecule has 0 bridgehead atoms. The van der Waals surface area contributed by atoms with Crippen molar-refractivity contribution < 1.29 is 17.6 Å². The van der Waals surface area contributed by atoms with Crippen molar-refractivity contribution in [2.45, 2.75) is 19.6 Å². The van der Waals surface area contributed by atoms with Crippen molar-refractivity contribution in [1.82, 2.24) is 9.55 Å². The van der Waals surface area contributed by atoms with E-state index in [1.165, 1.54) is 6.92 Å². The number of aromatic amines is 1. The summed E-state index contributed by atoms with van der Waals surface area (Å²) in [7, 11) is 0. The highest BCUT2D eigenvalue weighted by atomic mass is 79.9. The summed E-state index contributed by atoms with van der Waals surface area (Å²) >= 11 is 2.93. The van der Waals surface area contributed by atoms with Gasteiger partial charge in [-0.25, -0.2) is 9.18 Å². The van der Waals surface area contributed by atoms with Crippen molar-refractivity contribution in [1.29, 1.82) is 0 Å². The first-order chi connectivity index (χ1) is 10.1. The van der Waals surface area contributed by atoms with E-state index < -0.39 is 40.9 Å². The summed E-state index contributed by atoms with van der Waals surface area (Å²) in [6.45, 7) is 0.621. The predicted octanol–water partition coefficient (Wildman–Crippen LogP) is 2.81. The minimum Gasteiger partial charge on any atom is -0.310 e. The zero-order chi connectivity index (χ0) is 16.7. The van der Waals surface area contributed by atoms with Crippen LogP contribution in [0.25, 0.3) is 0 Å². The van der Waals surface area contributed by atoms with Gasteiger partial charge in [-0.2, -0.15) is 13.2 Å². The lowest BCUT2D eigenvalue weighted by atomic mass is 10.1. The second-order valence-corrected chi connectivity index (χ2v) is 5.32. The van der Waals surface area contributed by atoms with Crippen molar-refractivity contribution in [2.24, 2.45) is 0 Å². The number of benzene rings is 1. The molecule has 0 radical (unpaired) electrons. The quantitative estimate of drug-likeness (QED) is 0.814. The van der Waals surface area contributed by atoms with Gasteiger partial charge >= 0.3 is 11.9 Å². The van der Waals surface area contributed by atoms with E-state index in [4.69, 9.17) is 0 Å². The largest absolute Gasteiger partial charge is 0.416 e. The van der Waals surface area contributed by atoms with Crippen LogP contribution in [0, 0.1) is 12.7 Å². The van der Waals surface area contributed by atoms with E-state index in [9.17, 15) is 27.2 Å². The molecule has 9 heteroatoms. The van der Waals surface area contributed by atoms with Crippen LogP contribution in [0.2, 0.25) is 0 Å². The van der Waals surface area contributed by atoms with Gasteiger partial charge < -0.3 is 4.98 Å². The van der Waals surface area contributed by atoms with E-state index >= 15 is 0 Å². The number of alkyl halides is 3. The molecule has 0 atom stereocenters. The van der Waals surface area contributed by atoms with Gasteiger partial charge in [-0.05, 0) is 35.0 Å². The Morgan fingerprint density at radius 1 is 1.27 bits per heavy atom. The maximum absolute atomic E-state index is 13.8. The van der Waals surface area contributed by atoms with Crippen molar-refractivity contribution in [3.05, 3.63) is 66.1 Å². The van der Waals surface area contributed by atoms with E-state index in [2.05, 4.69) is 20.9 Å². The molecule has 2 rings (SSSR count). The van der Waals surface area contributed by atoms with Gasteiger partial charge in [-0.1, -0.05) is 6.07 Å². The van der Waals surface area contributed by atoms with E-state index in [1.54, 1.807) is 0 Å². The molecule has 2 aromatic rings. The van der Waals surface area contributed by atoms with Crippen molar-refractivity contribution in [3.63, 3.8) is 0 Å². The number of hydrogen-bond acceptors (Lipinski definition) is 2. The van der Waals surface area contributed by atoms with Gasteiger partial charge in [0.05, 0.1) is 12.1 Å². The maximum Gasteiger partial charge on any atom is 0.416 e. The molecule has 1 aromatic carbocycles. The van der Waals surface area contributed by atoms with Gasteiger partial charge in [0.2, 0.25) is 0 Å². The highest BCUT2D eigenvalue weighted by Gasteiger charge is 2.34. The second-order valence-electron chi connectivity index (χ2n) is 4.52. The Morgan fingerprint density at radius 3 is 2.50 bits per heavy atom. The van der Waals surface area contributed by atoms with Gasteiger partial charge in [0.1, 0.15) is 10.3 Å². The Kier molecular flexibility index (Phi) is 4.28. The lowest BCUT2D eigenvalue weighted by molar-refractivity contribution is -0.138. The smallest absolute Gasteiger partial charge is 0.310 e. The lowest BCUT2D eigenvalue weighted by Gasteiger charge is -2.14. The van der Waals surface area contributed by atoms with Crippen LogP contribution in [0.15, 0.2) is 32.3 Å². The van der Waals surface area contributed by atoms with Crippen LogP contribution in [0.1, 0.15) is 16.8 Å². The molecule has 0 saturated carbocycles. The molecule has 1 aromatic heterocycles. The van der Waals surface area contributed by atoms with Crippen molar-refractivity contribution in [3.8, 4) is 0 Å². The van der Waals surface area contributed by atoms with Crippen LogP contribution in [-0.4, -0.2) is 9.55 Å². The maximum atomic E-state index is 13.8. The molecule has 4 nitrogen and oxygen atoms in total. The number of aromatic nitrogens is 2. The van der Waals surface area contributed by atoms with Gasteiger partial charge in [0, 0.05) is 11.3 Å². The number of nitrogens with one attached hydrogen (secondary N) is 1. The third kappa shape index (κ3) is 2.99. The number of nitrogens with zero attached hydrogens (tertiary/aromatic N) is 1. The first-order valence-corrected chi connectivity index (χ1v) is 6.76. The Morgan fingerprint density at radius 2 is 1.91 bits per heavy atom. The Balaban J connectivity index is 2.66. The molecule has 0 spiro atoms. The molecule has 0 saturated heterocycles. The van der Waals surface area contributed by atoms with Crippen LogP contribution < -0.4 is 11.2 Å². The number of aryl methyl sites for hydroxylation is 1. The van der Waals surface area contributed by atoms with Crippen molar-refractivity contribution >= 4 is 15.9 Å². The van der Waals surface area contributed by atoms with Gasteiger partial charge in [-0.15, -0.1) is 0 Å². The molecular formula is C13H9BrF4N2O2. The fourth-order valence-corrected chi connectivity index (χ4v) is 2.25. The van der Waals surface area contributed by atoms with E-state index in [1.807, 2.05) is 0 Å². The molecule has 118 valence electrons. The number of halogens is 5. The Bertz CT molecular complexity index is 839. The first-order valence-electron chi connectivity index (χ1n) is 5.96. The van der Waals surface area contributed by atoms with Crippen LogP contribution in [0.5, 0.6) is 0 Å². The summed E-state index contributed by atoms with van der Waals surface area (Å²) in [4.78, 5) is 26.1. The van der Waals surface area contributed by atoms with Gasteiger partial charge in [0.15, 0.2) is 0 Å². The monoisotopic (exact) mass is 380 g/mol. The van der Waals surface area contributed by atoms with Crippen molar-refractivity contribution in [2.75, 3.05) is 0 Å². The molecule has 0 amide bonds. The molecule has 0 fully saturated rings. The zero-order valence-corrected chi connectivity index (χ0v) is 12.7. The minimum atomic E-state index is -4.80. The highest BCUT2D eigenvalue weighted by Crippen LogP contribution is 2.33. The molecule has 0 aliphatic carbocycles. The Hall–Kier alpha value is -1.90. The van der Waals surface area contributed by atoms with E-state index in [-0.39, 0.29) is 10.2 Å². The SMILES string of the molecule is Cc1[nH]c(=O)n(Cc2c(F)cccc2C(F)(F)F)c(=O)c1Br. The molecule has 0 aliphatic heterocycles. The predicted molar refractivity (Wildman–Crippen MR) is 74.3 cm³/mol. The average Bonchev–Trinajstić information content (AvgIpc) is 2.41. The first kappa shape index (κ1) is 16.5. The lowest BCUT2D eigenvalue weighted by Crippen LogP contribution is -2.37. The summed E-state index contributed by atoms with van der Waals surface area (Å²) in [5.41, 5.74) is -3.51. The average molecular weight is 381 g/mol. The summed E-state index contributed by atoms with van der Waals surface area (Å²) in [6.07, 6.45) is -4.80. The molecule has 1 heterocycles. The Labute approximate surface area is 129 Å². The number of H-pyrrole nitrogens is 1. The minimum absolute atomic E-state index is 0.00278. The van der Waals surface area contributed by atoms with Gasteiger partial charge in [-0.3, -0.25) is 9.36 Å². The topological polar surface area (TPSA) is 54.9 Å². The molecule has 22 heavy (non-hydrogen) atoms. The molecular weight excluding hydrogens is 372 g/mol. The zero-order valence-electron chi connectivity index (χ0n) is 11.1. The van der Waals surface area contributed by atoms with E-state index in [0.717, 1.165) is 12.1 Å². The molecule has 1 N–H and O–H groups in total. The standard InChI is InChI=1S/C13H9BrF4N2O2/c1-6-10(14)11(21)20(12(22)19-6)5-7-8(13(16,17)18)3-2-4-9(7)15/h2-4H,5H2,1H3,(H,19,22). The summed E-state index contributed by atoms with van der Waals surface area (Å²) in [6, 6.07) is 2.45. The van der Waals surface area contributed by atoms with E-state index in [0.29, 0.717) is 10.6 Å². The number of rotatable bonds is 2. The summed E-state index contributed by atoms with van der Waals surface area (Å²) < 4.78 is 53.1. The summed E-state index contributed by atoms with van der Waals surface area (Å²) in [5.74, 6) is -1.14. The third-order valence-corrected chi connectivity index (χ3v) is 3.98. The van der Waals surface area contributed by atoms with Gasteiger partial charge in [0.25, 0.3) is 5.56 Å². The molecule has 0 aliphatic rings. The van der Waals surface area contributed by atoms with Crippen LogP contribution in [-0.2, 0) is 12.7 Å². The summed E-state index contributed by atoms with van der Waals surface area (Å²) in [5, 5.41) is 0. The van der Waals surface area contributed by atoms with Crippen LogP contribution in [0.3, 0.4) is 0 Å². The molecule has 0 unspecified atom stereocenters.